The van der Waals surface area contributed by atoms with Gasteiger partial charge in [0.2, 0.25) is 0 Å². The summed E-state index contributed by atoms with van der Waals surface area (Å²) in [4.78, 5) is 11.1. The van der Waals surface area contributed by atoms with E-state index in [0.717, 1.165) is 39.5 Å². The molecule has 0 amide bonds. The summed E-state index contributed by atoms with van der Waals surface area (Å²) in [5.74, 6) is 8.09. The van der Waals surface area contributed by atoms with E-state index in [0.29, 0.717) is 0 Å². The van der Waals surface area contributed by atoms with Crippen LogP contribution in [0.4, 0.5) is 17.3 Å². The Hall–Kier alpha value is -4.86. The number of fused-ring (bicyclic) bond motifs is 1. The van der Waals surface area contributed by atoms with Crippen LogP contribution in [0, 0.1) is 11.8 Å². The second-order valence-electron chi connectivity index (χ2n) is 8.00. The molecule has 0 spiro atoms. The van der Waals surface area contributed by atoms with Crippen LogP contribution in [-0.2, 0) is 0 Å². The summed E-state index contributed by atoms with van der Waals surface area (Å²) in [6.45, 7) is 0. The standard InChI is InChI=1S/C30H19N5S/c1-2-8-23(9-3-1)24-15-12-22(13-16-24)14-17-25-18-19-26(30-29(25)33-36-34-30)35(27-10-4-6-20-31-27)28-11-5-7-21-32-28/h1-13,15-16,18-21H. The fraction of sp³-hybridized carbons (Fsp3) is 0. The van der Waals surface area contributed by atoms with Gasteiger partial charge in [0.1, 0.15) is 22.7 Å². The summed E-state index contributed by atoms with van der Waals surface area (Å²) >= 11 is 1.17. The average Bonchev–Trinajstić information content (AvgIpc) is 3.45. The molecule has 5 nitrogen and oxygen atoms in total. The minimum absolute atomic E-state index is 0.753. The van der Waals surface area contributed by atoms with Crippen molar-refractivity contribution >= 4 is 40.1 Å². The quantitative estimate of drug-likeness (QED) is 0.253. The normalized spacial score (nSPS) is 10.6. The smallest absolute Gasteiger partial charge is 0.138 e. The highest BCUT2D eigenvalue weighted by Gasteiger charge is 2.20. The summed E-state index contributed by atoms with van der Waals surface area (Å²) in [6, 6.07) is 34.2. The molecule has 0 unspecified atom stereocenters. The summed E-state index contributed by atoms with van der Waals surface area (Å²) in [5, 5.41) is 0. The van der Waals surface area contributed by atoms with Gasteiger partial charge in [-0.25, -0.2) is 9.97 Å². The van der Waals surface area contributed by atoms with Gasteiger partial charge in [-0.15, -0.1) is 0 Å². The number of nitrogens with zero attached hydrogens (tertiary/aromatic N) is 5. The Morgan fingerprint density at radius 2 is 1.19 bits per heavy atom. The van der Waals surface area contributed by atoms with Crippen LogP contribution in [0.25, 0.3) is 22.2 Å². The van der Waals surface area contributed by atoms with Crippen molar-refractivity contribution in [3.05, 3.63) is 127 Å². The molecule has 3 heterocycles. The summed E-state index contributed by atoms with van der Waals surface area (Å²) < 4.78 is 9.19. The molecular weight excluding hydrogens is 462 g/mol. The van der Waals surface area contributed by atoms with Crippen molar-refractivity contribution in [1.82, 2.24) is 18.7 Å². The SMILES string of the molecule is C(#Cc1ccc(N(c2ccccn2)c2ccccn2)c2nsnc12)c1ccc(-c2ccccc2)cc1. The molecule has 0 aliphatic rings. The first-order valence-corrected chi connectivity index (χ1v) is 12.1. The number of hydrogen-bond donors (Lipinski definition) is 0. The highest BCUT2D eigenvalue weighted by atomic mass is 32.1. The summed E-state index contributed by atoms with van der Waals surface area (Å²) in [6.07, 6.45) is 3.54. The molecule has 0 aliphatic carbocycles. The number of anilines is 3. The van der Waals surface area contributed by atoms with Crippen LogP contribution < -0.4 is 4.90 Å². The first kappa shape index (κ1) is 21.7. The van der Waals surface area contributed by atoms with Gasteiger partial charge in [-0.3, -0.25) is 4.90 Å². The van der Waals surface area contributed by atoms with E-state index >= 15 is 0 Å². The Kier molecular flexibility index (Phi) is 5.89. The van der Waals surface area contributed by atoms with E-state index in [1.165, 1.54) is 22.9 Å². The highest BCUT2D eigenvalue weighted by molar-refractivity contribution is 7.00. The number of benzene rings is 3. The molecule has 0 N–H and O–H groups in total. The third kappa shape index (κ3) is 4.31. The molecule has 0 aliphatic heterocycles. The summed E-state index contributed by atoms with van der Waals surface area (Å²) in [5.41, 5.74) is 6.52. The number of rotatable bonds is 4. The fourth-order valence-corrected chi connectivity index (χ4v) is 4.56. The van der Waals surface area contributed by atoms with Gasteiger partial charge in [-0.05, 0) is 59.7 Å². The van der Waals surface area contributed by atoms with Crippen molar-refractivity contribution in [3.8, 4) is 23.0 Å². The maximum atomic E-state index is 4.62. The Morgan fingerprint density at radius 3 is 1.86 bits per heavy atom. The van der Waals surface area contributed by atoms with Gasteiger partial charge < -0.3 is 0 Å². The zero-order valence-electron chi connectivity index (χ0n) is 19.1. The fourth-order valence-electron chi connectivity index (χ4n) is 3.99. The maximum absolute atomic E-state index is 4.62. The maximum Gasteiger partial charge on any atom is 0.138 e. The molecule has 0 radical (unpaired) electrons. The third-order valence-corrected chi connectivity index (χ3v) is 6.25. The van der Waals surface area contributed by atoms with Gasteiger partial charge in [0, 0.05) is 18.0 Å². The largest absolute Gasteiger partial charge is 0.277 e. The van der Waals surface area contributed by atoms with Crippen molar-refractivity contribution < 1.29 is 0 Å². The Morgan fingerprint density at radius 1 is 0.556 bits per heavy atom. The van der Waals surface area contributed by atoms with Crippen molar-refractivity contribution in [2.24, 2.45) is 0 Å². The van der Waals surface area contributed by atoms with Crippen LogP contribution >= 0.6 is 11.7 Å². The topological polar surface area (TPSA) is 54.8 Å². The highest BCUT2D eigenvalue weighted by Crippen LogP contribution is 2.36. The van der Waals surface area contributed by atoms with Crippen molar-refractivity contribution in [2.75, 3.05) is 4.90 Å². The Labute approximate surface area is 213 Å². The van der Waals surface area contributed by atoms with Crippen LogP contribution in [0.3, 0.4) is 0 Å². The van der Waals surface area contributed by atoms with Crippen LogP contribution in [0.5, 0.6) is 0 Å². The van der Waals surface area contributed by atoms with Crippen LogP contribution in [0.15, 0.2) is 116 Å². The van der Waals surface area contributed by atoms with Gasteiger partial charge in [0.25, 0.3) is 0 Å². The molecule has 0 saturated heterocycles. The van der Waals surface area contributed by atoms with Gasteiger partial charge in [-0.1, -0.05) is 66.4 Å². The van der Waals surface area contributed by atoms with Crippen molar-refractivity contribution in [3.63, 3.8) is 0 Å². The average molecular weight is 482 g/mol. The Bertz CT molecular complexity index is 1630. The first-order chi connectivity index (χ1) is 17.9. The predicted molar refractivity (Wildman–Crippen MR) is 146 cm³/mol. The van der Waals surface area contributed by atoms with E-state index in [4.69, 9.17) is 0 Å². The second kappa shape index (κ2) is 9.79. The zero-order chi connectivity index (χ0) is 24.2. The lowest BCUT2D eigenvalue weighted by molar-refractivity contribution is 1.13. The van der Waals surface area contributed by atoms with Crippen LogP contribution in [0.1, 0.15) is 11.1 Å². The lowest BCUT2D eigenvalue weighted by Gasteiger charge is -2.23. The van der Waals surface area contributed by atoms with Gasteiger partial charge in [0.15, 0.2) is 0 Å². The minimum Gasteiger partial charge on any atom is -0.277 e. The monoisotopic (exact) mass is 481 g/mol. The number of pyridine rings is 2. The molecule has 0 saturated carbocycles. The van der Waals surface area contributed by atoms with E-state index < -0.39 is 0 Å². The van der Waals surface area contributed by atoms with E-state index in [2.05, 4.69) is 54.8 Å². The predicted octanol–water partition coefficient (Wildman–Crippen LogP) is 7.02. The van der Waals surface area contributed by atoms with E-state index in [1.807, 2.05) is 83.8 Å². The van der Waals surface area contributed by atoms with Crippen molar-refractivity contribution in [1.29, 1.82) is 0 Å². The van der Waals surface area contributed by atoms with Gasteiger partial charge in [-0.2, -0.15) is 8.75 Å². The van der Waals surface area contributed by atoms with E-state index in [-0.39, 0.29) is 0 Å². The molecule has 0 fully saturated rings. The first-order valence-electron chi connectivity index (χ1n) is 11.4. The zero-order valence-corrected chi connectivity index (χ0v) is 19.9. The molecule has 0 atom stereocenters. The second-order valence-corrected chi connectivity index (χ2v) is 8.53. The van der Waals surface area contributed by atoms with Gasteiger partial charge >= 0.3 is 0 Å². The van der Waals surface area contributed by atoms with E-state index in [1.54, 1.807) is 12.4 Å². The molecule has 3 aromatic carbocycles. The number of aromatic nitrogens is 4. The molecule has 6 aromatic rings. The lowest BCUT2D eigenvalue weighted by atomic mass is 10.0. The van der Waals surface area contributed by atoms with Crippen molar-refractivity contribution in [2.45, 2.75) is 0 Å². The van der Waals surface area contributed by atoms with Gasteiger partial charge in [0.05, 0.1) is 23.0 Å². The lowest BCUT2D eigenvalue weighted by Crippen LogP contribution is -2.13. The number of hydrogen-bond acceptors (Lipinski definition) is 6. The molecule has 0 bridgehead atoms. The van der Waals surface area contributed by atoms with Crippen LogP contribution in [0.2, 0.25) is 0 Å². The Balaban J connectivity index is 1.38. The molecular formula is C30H19N5S. The van der Waals surface area contributed by atoms with Crippen LogP contribution in [-0.4, -0.2) is 18.7 Å². The van der Waals surface area contributed by atoms with E-state index in [9.17, 15) is 0 Å². The molecule has 6 rings (SSSR count). The molecule has 170 valence electrons. The molecule has 36 heavy (non-hydrogen) atoms. The minimum atomic E-state index is 0.753. The molecule has 3 aromatic heterocycles. The third-order valence-electron chi connectivity index (χ3n) is 5.73. The summed E-state index contributed by atoms with van der Waals surface area (Å²) in [7, 11) is 0. The molecule has 6 heteroatoms.